The van der Waals surface area contributed by atoms with Crippen LogP contribution in [0.15, 0.2) is 22.8 Å². The lowest BCUT2D eigenvalue weighted by atomic mass is 10.5. The number of aldehydes is 1. The van der Waals surface area contributed by atoms with Crippen molar-refractivity contribution in [3.8, 4) is 0 Å². The van der Waals surface area contributed by atoms with Crippen molar-refractivity contribution in [2.45, 2.75) is 0 Å². The Morgan fingerprint density at radius 1 is 1.55 bits per heavy atom. The van der Waals surface area contributed by atoms with Gasteiger partial charge >= 0.3 is 6.03 Å². The number of carbonyl (C=O) groups excluding carboxylic acids is 2. The largest absolute Gasteiger partial charge is 0.462 e. The van der Waals surface area contributed by atoms with Gasteiger partial charge in [0.1, 0.15) is 0 Å². The van der Waals surface area contributed by atoms with E-state index in [-0.39, 0.29) is 0 Å². The summed E-state index contributed by atoms with van der Waals surface area (Å²) in [5.41, 5.74) is 8.50. The molecule has 0 bridgehead atoms. The Balaban J connectivity index is 0.000000218. The summed E-state index contributed by atoms with van der Waals surface area (Å²) in [5.74, 6) is 0.375. The van der Waals surface area contributed by atoms with E-state index in [1.165, 1.54) is 6.26 Å². The minimum Gasteiger partial charge on any atom is -0.462 e. The molecular formula is C6H8N2O3. The van der Waals surface area contributed by atoms with Gasteiger partial charge in [0.25, 0.3) is 0 Å². The van der Waals surface area contributed by atoms with Gasteiger partial charge in [-0.3, -0.25) is 4.79 Å². The maximum Gasteiger partial charge on any atom is 0.309 e. The molecule has 0 saturated heterocycles. The summed E-state index contributed by atoms with van der Waals surface area (Å²) in [7, 11) is 0. The highest BCUT2D eigenvalue weighted by Gasteiger charge is 1.84. The molecule has 4 N–H and O–H groups in total. The van der Waals surface area contributed by atoms with Gasteiger partial charge in [-0.1, -0.05) is 0 Å². The Bertz CT molecular complexity index is 214. The van der Waals surface area contributed by atoms with Crippen molar-refractivity contribution >= 4 is 12.3 Å². The summed E-state index contributed by atoms with van der Waals surface area (Å²) >= 11 is 0. The summed E-state index contributed by atoms with van der Waals surface area (Å²) in [6, 6.07) is 2.44. The first-order valence-corrected chi connectivity index (χ1v) is 2.70. The normalized spacial score (nSPS) is 7.64. The van der Waals surface area contributed by atoms with E-state index >= 15 is 0 Å². The van der Waals surface area contributed by atoms with E-state index in [1.54, 1.807) is 12.1 Å². The van der Waals surface area contributed by atoms with Crippen molar-refractivity contribution in [2.24, 2.45) is 11.5 Å². The smallest absolute Gasteiger partial charge is 0.309 e. The summed E-state index contributed by atoms with van der Waals surface area (Å²) in [4.78, 5) is 18.8. The fraction of sp³-hybridized carbons (Fsp3) is 0. The fourth-order valence-corrected chi connectivity index (χ4v) is 0.358. The van der Waals surface area contributed by atoms with Crippen molar-refractivity contribution in [1.82, 2.24) is 0 Å². The van der Waals surface area contributed by atoms with Gasteiger partial charge < -0.3 is 15.9 Å². The highest BCUT2D eigenvalue weighted by molar-refractivity contribution is 5.70. The maximum atomic E-state index is 9.77. The van der Waals surface area contributed by atoms with Gasteiger partial charge in [-0.05, 0) is 12.1 Å². The van der Waals surface area contributed by atoms with Crippen LogP contribution in [-0.4, -0.2) is 12.3 Å². The number of hydrogen-bond donors (Lipinski definition) is 2. The van der Waals surface area contributed by atoms with Gasteiger partial charge in [0.05, 0.1) is 6.26 Å². The number of primary amides is 2. The molecule has 0 saturated carbocycles. The van der Waals surface area contributed by atoms with Crippen LogP contribution < -0.4 is 11.5 Å². The molecule has 1 aromatic heterocycles. The monoisotopic (exact) mass is 156 g/mol. The summed E-state index contributed by atoms with van der Waals surface area (Å²) in [6.45, 7) is 0. The zero-order valence-corrected chi connectivity index (χ0v) is 5.69. The quantitative estimate of drug-likeness (QED) is 0.564. The molecule has 0 atom stereocenters. The van der Waals surface area contributed by atoms with Gasteiger partial charge in [0.2, 0.25) is 0 Å². The molecule has 5 heteroatoms. The average Bonchev–Trinajstić information content (AvgIpc) is 2.36. The predicted octanol–water partition coefficient (Wildman–Crippen LogP) is 0.116. The Morgan fingerprint density at radius 3 is 2.27 bits per heavy atom. The summed E-state index contributed by atoms with van der Waals surface area (Å²) in [6.07, 6.45) is 2.13. The second-order valence-electron chi connectivity index (χ2n) is 1.54. The van der Waals surface area contributed by atoms with Crippen LogP contribution in [0.5, 0.6) is 0 Å². The fourth-order valence-electron chi connectivity index (χ4n) is 0.358. The topological polar surface area (TPSA) is 99.3 Å². The second kappa shape index (κ2) is 5.04. The van der Waals surface area contributed by atoms with Crippen molar-refractivity contribution in [3.05, 3.63) is 24.2 Å². The number of hydrogen-bond acceptors (Lipinski definition) is 3. The number of carbonyl (C=O) groups is 2. The minimum absolute atomic E-state index is 0.375. The number of furan rings is 1. The number of rotatable bonds is 1. The van der Waals surface area contributed by atoms with E-state index in [9.17, 15) is 4.79 Å². The molecule has 0 fully saturated rings. The van der Waals surface area contributed by atoms with Crippen LogP contribution in [0, 0.1) is 0 Å². The molecule has 0 aliphatic heterocycles. The molecule has 60 valence electrons. The SMILES string of the molecule is NC(N)=O.O=Cc1ccco1. The zero-order valence-electron chi connectivity index (χ0n) is 5.69. The lowest BCUT2D eigenvalue weighted by molar-refractivity contribution is 0.110. The Hall–Kier alpha value is -1.78. The number of urea groups is 1. The van der Waals surface area contributed by atoms with Crippen molar-refractivity contribution < 1.29 is 14.0 Å². The first kappa shape index (κ1) is 9.22. The highest BCUT2D eigenvalue weighted by Crippen LogP contribution is 1.92. The van der Waals surface area contributed by atoms with E-state index in [2.05, 4.69) is 15.9 Å². The third kappa shape index (κ3) is 6.10. The third-order valence-corrected chi connectivity index (χ3v) is 0.659. The predicted molar refractivity (Wildman–Crippen MR) is 37.9 cm³/mol. The molecular weight excluding hydrogens is 148 g/mol. The maximum absolute atomic E-state index is 9.77. The first-order valence-electron chi connectivity index (χ1n) is 2.70. The van der Waals surface area contributed by atoms with Crippen LogP contribution in [0.2, 0.25) is 0 Å². The van der Waals surface area contributed by atoms with Gasteiger partial charge in [-0.15, -0.1) is 0 Å². The van der Waals surface area contributed by atoms with E-state index < -0.39 is 6.03 Å². The Morgan fingerprint density at radius 2 is 2.09 bits per heavy atom. The molecule has 1 aromatic rings. The molecule has 0 radical (unpaired) electrons. The average molecular weight is 156 g/mol. The minimum atomic E-state index is -0.833. The first-order chi connectivity index (χ1) is 5.16. The van der Waals surface area contributed by atoms with Crippen molar-refractivity contribution in [1.29, 1.82) is 0 Å². The van der Waals surface area contributed by atoms with Crippen LogP contribution >= 0.6 is 0 Å². The van der Waals surface area contributed by atoms with Crippen molar-refractivity contribution in [3.63, 3.8) is 0 Å². The highest BCUT2D eigenvalue weighted by atomic mass is 16.3. The zero-order chi connectivity index (χ0) is 8.69. The lowest BCUT2D eigenvalue weighted by Crippen LogP contribution is -2.18. The van der Waals surface area contributed by atoms with Crippen molar-refractivity contribution in [2.75, 3.05) is 0 Å². The van der Waals surface area contributed by atoms with Crippen LogP contribution in [0.3, 0.4) is 0 Å². The number of amides is 2. The van der Waals surface area contributed by atoms with E-state index in [0.29, 0.717) is 12.0 Å². The molecule has 1 heterocycles. The van der Waals surface area contributed by atoms with Gasteiger partial charge in [-0.25, -0.2) is 4.79 Å². The standard InChI is InChI=1S/C5H4O2.CH4N2O/c6-4-5-2-1-3-7-5;2-1(3)4/h1-4H;(H4,2,3,4). The lowest BCUT2D eigenvalue weighted by Gasteiger charge is -1.68. The number of nitrogens with two attached hydrogens (primary N) is 2. The molecule has 2 amide bonds. The molecule has 0 unspecified atom stereocenters. The molecule has 5 nitrogen and oxygen atoms in total. The van der Waals surface area contributed by atoms with Crippen LogP contribution in [0.25, 0.3) is 0 Å². The van der Waals surface area contributed by atoms with Gasteiger partial charge in [0, 0.05) is 0 Å². The Labute approximate surface area is 63.0 Å². The Kier molecular flexibility index (Phi) is 4.22. The van der Waals surface area contributed by atoms with E-state index in [1.807, 2.05) is 0 Å². The van der Waals surface area contributed by atoms with E-state index in [0.717, 1.165) is 0 Å². The van der Waals surface area contributed by atoms with Gasteiger partial charge in [-0.2, -0.15) is 0 Å². The van der Waals surface area contributed by atoms with Crippen LogP contribution in [0.1, 0.15) is 10.6 Å². The molecule has 11 heavy (non-hydrogen) atoms. The third-order valence-electron chi connectivity index (χ3n) is 0.659. The van der Waals surface area contributed by atoms with Crippen LogP contribution in [-0.2, 0) is 0 Å². The summed E-state index contributed by atoms with van der Waals surface area (Å²) in [5, 5.41) is 0. The molecule has 1 rings (SSSR count). The van der Waals surface area contributed by atoms with Crippen LogP contribution in [0.4, 0.5) is 4.79 Å². The molecule has 0 spiro atoms. The van der Waals surface area contributed by atoms with E-state index in [4.69, 9.17) is 4.79 Å². The molecule has 0 aliphatic rings. The second-order valence-corrected chi connectivity index (χ2v) is 1.54. The van der Waals surface area contributed by atoms with Gasteiger partial charge in [0.15, 0.2) is 12.0 Å². The summed E-state index contributed by atoms with van der Waals surface area (Å²) < 4.78 is 4.61. The molecule has 0 aliphatic carbocycles. The molecule has 0 aromatic carbocycles.